The molecule has 1 aliphatic heterocycles. The van der Waals surface area contributed by atoms with Gasteiger partial charge in [0.2, 0.25) is 0 Å². The van der Waals surface area contributed by atoms with Gasteiger partial charge in [-0.05, 0) is 48.7 Å². The lowest BCUT2D eigenvalue weighted by Gasteiger charge is -2.27. The Labute approximate surface area is 194 Å². The molecule has 0 bridgehead atoms. The zero-order chi connectivity index (χ0) is 23.7. The summed E-state index contributed by atoms with van der Waals surface area (Å²) in [4.78, 5) is 34.9. The molecule has 4 aromatic rings. The monoisotopic (exact) mass is 460 g/mol. The Hall–Kier alpha value is -4.27. The largest absolute Gasteiger partial charge is 0.467 e. The molecule has 0 radical (unpaired) electrons. The summed E-state index contributed by atoms with van der Waals surface area (Å²) in [6.07, 6.45) is 2.67. The van der Waals surface area contributed by atoms with Crippen molar-refractivity contribution in [2.45, 2.75) is 25.4 Å². The number of hydrogen-bond donors (Lipinski definition) is 0. The number of carbonyl (C=O) groups excluding carboxylic acids is 1. The van der Waals surface area contributed by atoms with Crippen LogP contribution < -0.4 is 10.3 Å². The summed E-state index contributed by atoms with van der Waals surface area (Å²) < 4.78 is 27.6. The van der Waals surface area contributed by atoms with Crippen molar-refractivity contribution in [3.05, 3.63) is 83.0 Å². The smallest absolute Gasteiger partial charge is 0.330 e. The molecule has 0 saturated carbocycles. The van der Waals surface area contributed by atoms with Crippen molar-refractivity contribution in [3.63, 3.8) is 0 Å². The number of fused-ring (bicyclic) bond motifs is 1. The minimum Gasteiger partial charge on any atom is -0.467 e. The predicted octanol–water partition coefficient (Wildman–Crippen LogP) is 4.21. The van der Waals surface area contributed by atoms with E-state index in [0.29, 0.717) is 47.7 Å². The summed E-state index contributed by atoms with van der Waals surface area (Å²) in [5, 5.41) is 0. The van der Waals surface area contributed by atoms with Crippen LogP contribution >= 0.6 is 0 Å². The predicted molar refractivity (Wildman–Crippen MR) is 122 cm³/mol. The highest BCUT2D eigenvalue weighted by molar-refractivity contribution is 5.82. The highest BCUT2D eigenvalue weighted by Crippen LogP contribution is 2.36. The van der Waals surface area contributed by atoms with Crippen molar-refractivity contribution in [2.75, 3.05) is 7.11 Å². The number of nitrogens with zero attached hydrogens (tertiary/aromatic N) is 4. The Morgan fingerprint density at radius 3 is 2.59 bits per heavy atom. The molecule has 9 heteroatoms. The first-order chi connectivity index (χ1) is 16.6. The maximum Gasteiger partial charge on any atom is 0.330 e. The summed E-state index contributed by atoms with van der Waals surface area (Å²) in [5.41, 5.74) is 1.36. The van der Waals surface area contributed by atoms with Crippen molar-refractivity contribution >= 4 is 5.97 Å². The summed E-state index contributed by atoms with van der Waals surface area (Å²) >= 11 is 0. The molecule has 172 valence electrons. The summed E-state index contributed by atoms with van der Waals surface area (Å²) in [5.74, 6) is -0.311. The van der Waals surface area contributed by atoms with Crippen LogP contribution in [0.15, 0.2) is 71.7 Å². The number of benzene rings is 2. The quantitative estimate of drug-likeness (QED) is 0.415. The first-order valence-electron chi connectivity index (χ1n) is 10.8. The van der Waals surface area contributed by atoms with Crippen molar-refractivity contribution in [3.8, 4) is 34.3 Å². The molecule has 0 spiro atoms. The third-order valence-electron chi connectivity index (χ3n) is 5.75. The maximum atomic E-state index is 13.6. The molecule has 0 fully saturated rings. The Bertz CT molecular complexity index is 1400. The van der Waals surface area contributed by atoms with E-state index in [1.807, 2.05) is 18.2 Å². The third kappa shape index (κ3) is 3.85. The second kappa shape index (κ2) is 8.93. The highest BCUT2D eigenvalue weighted by Gasteiger charge is 2.34. The van der Waals surface area contributed by atoms with Crippen molar-refractivity contribution in [1.29, 1.82) is 0 Å². The molecule has 8 nitrogen and oxygen atoms in total. The van der Waals surface area contributed by atoms with Crippen LogP contribution in [0.3, 0.4) is 0 Å². The lowest BCUT2D eigenvalue weighted by molar-refractivity contribution is -0.146. The average Bonchev–Trinajstić information content (AvgIpc) is 3.17. The molecule has 1 aliphatic rings. The number of esters is 1. The highest BCUT2D eigenvalue weighted by atomic mass is 19.1. The van der Waals surface area contributed by atoms with Crippen molar-refractivity contribution in [2.24, 2.45) is 0 Å². The molecule has 5 rings (SSSR count). The van der Waals surface area contributed by atoms with E-state index in [0.717, 1.165) is 0 Å². The lowest BCUT2D eigenvalue weighted by Crippen LogP contribution is -2.35. The zero-order valence-electron chi connectivity index (χ0n) is 18.3. The number of halogens is 1. The van der Waals surface area contributed by atoms with Crippen LogP contribution in [0, 0.1) is 5.82 Å². The average molecular weight is 460 g/mol. The Morgan fingerprint density at radius 1 is 1.09 bits per heavy atom. The molecule has 0 N–H and O–H groups in total. The molecule has 2 aromatic heterocycles. The Balaban J connectivity index is 1.72. The fraction of sp³-hybridized carbons (Fsp3) is 0.200. The second-order valence-electron chi connectivity index (χ2n) is 7.82. The van der Waals surface area contributed by atoms with E-state index in [1.54, 1.807) is 22.9 Å². The molecular weight excluding hydrogens is 439 g/mol. The standard InChI is InChI=1S/C25H21FN4O4/c1-33-24(32)20-8-5-15-29-23(31)21(16-9-11-17(26)12-10-16)22(30(20)29)19-13-14-27-25(28-19)34-18-6-3-2-4-7-18/h2-4,6-7,9-14,20H,5,8,15H2,1H3/t20-/m0/s1. The molecular formula is C25H21FN4O4. The van der Waals surface area contributed by atoms with Crippen LogP contribution in [0.4, 0.5) is 4.39 Å². The van der Waals surface area contributed by atoms with Gasteiger partial charge in [0.15, 0.2) is 0 Å². The number of aromatic nitrogens is 4. The van der Waals surface area contributed by atoms with E-state index in [2.05, 4.69) is 9.97 Å². The summed E-state index contributed by atoms with van der Waals surface area (Å²) in [6, 6.07) is 15.8. The topological polar surface area (TPSA) is 88.2 Å². The van der Waals surface area contributed by atoms with Crippen LogP contribution in [0.25, 0.3) is 22.5 Å². The molecule has 34 heavy (non-hydrogen) atoms. The van der Waals surface area contributed by atoms with Gasteiger partial charge in [0.1, 0.15) is 17.6 Å². The molecule has 0 amide bonds. The van der Waals surface area contributed by atoms with Crippen molar-refractivity contribution in [1.82, 2.24) is 19.3 Å². The minimum atomic E-state index is -0.705. The molecule has 1 atom stereocenters. The number of carbonyl (C=O) groups is 1. The second-order valence-corrected chi connectivity index (χ2v) is 7.82. The van der Waals surface area contributed by atoms with Gasteiger partial charge in [0.05, 0.1) is 24.1 Å². The zero-order valence-corrected chi connectivity index (χ0v) is 18.3. The van der Waals surface area contributed by atoms with Gasteiger partial charge in [-0.25, -0.2) is 18.9 Å². The van der Waals surface area contributed by atoms with Crippen LogP contribution in [0.1, 0.15) is 18.9 Å². The lowest BCUT2D eigenvalue weighted by atomic mass is 10.0. The van der Waals surface area contributed by atoms with Gasteiger partial charge >= 0.3 is 12.0 Å². The van der Waals surface area contributed by atoms with E-state index in [-0.39, 0.29) is 11.6 Å². The van der Waals surface area contributed by atoms with Gasteiger partial charge < -0.3 is 9.47 Å². The first-order valence-corrected chi connectivity index (χ1v) is 10.8. The van der Waals surface area contributed by atoms with Gasteiger partial charge in [0, 0.05) is 12.7 Å². The van der Waals surface area contributed by atoms with Gasteiger partial charge in [-0.3, -0.25) is 9.48 Å². The molecule has 0 saturated heterocycles. The van der Waals surface area contributed by atoms with Crippen LogP contribution in [0.5, 0.6) is 11.8 Å². The summed E-state index contributed by atoms with van der Waals surface area (Å²) in [7, 11) is 1.32. The molecule has 0 unspecified atom stereocenters. The summed E-state index contributed by atoms with van der Waals surface area (Å²) in [6.45, 7) is 0.430. The van der Waals surface area contributed by atoms with Gasteiger partial charge in [-0.2, -0.15) is 4.98 Å². The van der Waals surface area contributed by atoms with E-state index in [4.69, 9.17) is 9.47 Å². The third-order valence-corrected chi connectivity index (χ3v) is 5.75. The number of hydrogen-bond acceptors (Lipinski definition) is 6. The number of rotatable bonds is 5. The molecule has 0 aliphatic carbocycles. The van der Waals surface area contributed by atoms with E-state index < -0.39 is 17.8 Å². The van der Waals surface area contributed by atoms with E-state index >= 15 is 0 Å². The normalized spacial score (nSPS) is 14.9. The fourth-order valence-electron chi connectivity index (χ4n) is 4.25. The van der Waals surface area contributed by atoms with E-state index in [9.17, 15) is 14.0 Å². The number of para-hydroxylation sites is 1. The maximum absolute atomic E-state index is 13.6. The Morgan fingerprint density at radius 2 is 1.85 bits per heavy atom. The SMILES string of the molecule is COC(=O)[C@@H]1CCCn2c(=O)c(-c3ccc(F)cc3)c(-c3ccnc(Oc4ccccc4)n3)n21. The van der Waals surface area contributed by atoms with E-state index in [1.165, 1.54) is 42.3 Å². The van der Waals surface area contributed by atoms with Gasteiger partial charge in [-0.15, -0.1) is 0 Å². The van der Waals surface area contributed by atoms with Crippen LogP contribution in [-0.4, -0.2) is 32.4 Å². The number of ether oxygens (including phenoxy) is 2. The minimum absolute atomic E-state index is 0.0900. The molecule has 3 heterocycles. The molecule has 2 aromatic carbocycles. The van der Waals surface area contributed by atoms with Crippen molar-refractivity contribution < 1.29 is 18.7 Å². The van der Waals surface area contributed by atoms with Gasteiger partial charge in [-0.1, -0.05) is 30.3 Å². The van der Waals surface area contributed by atoms with Crippen LogP contribution in [-0.2, 0) is 16.1 Å². The Kier molecular flexibility index (Phi) is 5.67. The first kappa shape index (κ1) is 21.6. The van der Waals surface area contributed by atoms with Gasteiger partial charge in [0.25, 0.3) is 5.56 Å². The fourth-order valence-corrected chi connectivity index (χ4v) is 4.25. The van der Waals surface area contributed by atoms with Crippen LogP contribution in [0.2, 0.25) is 0 Å². The number of methoxy groups -OCH3 is 1.